The SMILES string of the molecule is CC(=O)C(CC(C)C)c1cc(-c2cc(F)cc(F)c2)cc(-c2cc(F)cc(F)c2)c1.CC(=O)C(CC(C)C)c1cc(-c2ccc(C#N)cc2)cc(-c2cc(C(F)(F)F)cc(C(F)(F)F)c2)c1.CC(=O)[C@@H](CC(C)C)c1cc(-c2ccc(C(F)(F)F)cc2)cc(-c2ccc(C(F)(F)F)cc2)c1.CC(=O)[C@H](CC(C)C)c1cc(-c2ccc(C(F)(F)F)cc2)cc(-c2ccc(C(F)(F)F)cc2)c1. The van der Waals surface area contributed by atoms with Gasteiger partial charge in [0.1, 0.15) is 46.4 Å². The molecule has 134 heavy (non-hydrogen) atoms. The average Bonchev–Trinajstić information content (AvgIpc) is 0.787. The number of nitriles is 1. The summed E-state index contributed by atoms with van der Waals surface area (Å²) in [5.41, 5.74) is 3.73. The molecular weight excluding hydrogens is 1780 g/mol. The van der Waals surface area contributed by atoms with E-state index in [4.69, 9.17) is 5.26 Å². The highest BCUT2D eigenvalue weighted by molar-refractivity contribution is 5.89. The molecule has 12 rings (SSSR count). The molecule has 12 aromatic rings. The fourth-order valence-electron chi connectivity index (χ4n) is 15.5. The lowest BCUT2D eigenvalue weighted by Crippen LogP contribution is -2.12. The van der Waals surface area contributed by atoms with Gasteiger partial charge in [-0.3, -0.25) is 19.2 Å². The van der Waals surface area contributed by atoms with Gasteiger partial charge in [0.15, 0.2) is 0 Å². The van der Waals surface area contributed by atoms with Crippen molar-refractivity contribution in [3.63, 3.8) is 0 Å². The van der Waals surface area contributed by atoms with Gasteiger partial charge in [-0.1, -0.05) is 165 Å². The minimum Gasteiger partial charge on any atom is -0.299 e. The van der Waals surface area contributed by atoms with E-state index in [2.05, 4.69) is 0 Å². The van der Waals surface area contributed by atoms with E-state index < -0.39 is 117 Å². The number of alkyl halides is 18. The van der Waals surface area contributed by atoms with E-state index in [-0.39, 0.29) is 75.1 Å². The topological polar surface area (TPSA) is 92.1 Å². The Balaban J connectivity index is 0.000000201. The fourth-order valence-corrected chi connectivity index (χ4v) is 15.5. The van der Waals surface area contributed by atoms with Crippen molar-refractivity contribution in [1.29, 1.82) is 5.26 Å². The van der Waals surface area contributed by atoms with Crippen molar-refractivity contribution < 1.29 is 116 Å². The standard InChI is InChI=1S/C28H23F6NO.2C27H24F6O.C25H22F4O/c1-16(2)8-26(17(3)36)23-10-20(19-6-4-18(15-35)5-7-19)9-21(11-23)22-12-24(27(29,30)31)14-25(13-22)28(32,33)34;2*1-16(2)12-25(17(3)34)22-14-20(18-4-8-23(9-5-18)26(28,29)30)13-21(15-22)19-6-10-24(11-7-19)27(31,32)33;1-14(2)4-25(15(3)30)20-6-16(18-8-21(26)12-22(27)9-18)5-17(7-20)19-10-23(28)13-24(29)11-19/h4-7,9-14,16,26H,8H2,1-3H3;2*4-11,13-16,25H,12H2,1-3H3;5-14,25H,4H2,1-3H3/t;2*25-;/m.10./s1. The van der Waals surface area contributed by atoms with Crippen molar-refractivity contribution in [2.45, 2.75) is 169 Å². The van der Waals surface area contributed by atoms with E-state index in [1.54, 1.807) is 84.9 Å². The van der Waals surface area contributed by atoms with E-state index in [1.165, 1.54) is 113 Å². The van der Waals surface area contributed by atoms with Crippen LogP contribution in [0.5, 0.6) is 0 Å². The highest BCUT2D eigenvalue weighted by Gasteiger charge is 2.39. The number of nitrogens with zero attached hydrogens (tertiary/aromatic N) is 1. The fraction of sp³-hybridized carbons (Fsp3) is 0.280. The molecule has 0 heterocycles. The van der Waals surface area contributed by atoms with Crippen LogP contribution in [-0.2, 0) is 56.2 Å². The summed E-state index contributed by atoms with van der Waals surface area (Å²) in [6.45, 7) is 21.6. The molecule has 704 valence electrons. The zero-order chi connectivity index (χ0) is 99.4. The zero-order valence-corrected chi connectivity index (χ0v) is 74.5. The van der Waals surface area contributed by atoms with Gasteiger partial charge in [-0.25, -0.2) is 17.6 Å². The maximum atomic E-state index is 13.8. The first-order valence-electron chi connectivity index (χ1n) is 42.4. The summed E-state index contributed by atoms with van der Waals surface area (Å²) in [6.07, 6.45) is -25.7. The first-order chi connectivity index (χ1) is 62.3. The monoisotopic (exact) mass is 1870 g/mol. The Morgan fingerprint density at radius 3 is 0.552 bits per heavy atom. The van der Waals surface area contributed by atoms with Gasteiger partial charge in [0.25, 0.3) is 0 Å². The number of hydrogen-bond donors (Lipinski definition) is 0. The zero-order valence-electron chi connectivity index (χ0n) is 74.5. The largest absolute Gasteiger partial charge is 0.416 e. The van der Waals surface area contributed by atoms with E-state index in [0.29, 0.717) is 132 Å². The number of rotatable bonds is 24. The van der Waals surface area contributed by atoms with Gasteiger partial charge in [0.05, 0.1) is 45.0 Å². The number of carbonyl (C=O) groups is 4. The summed E-state index contributed by atoms with van der Waals surface area (Å²) in [6, 6.07) is 55.0. The lowest BCUT2D eigenvalue weighted by atomic mass is 9.84. The molecule has 0 bridgehead atoms. The van der Waals surface area contributed by atoms with Crippen molar-refractivity contribution >= 4 is 23.1 Å². The third-order valence-electron chi connectivity index (χ3n) is 22.1. The second kappa shape index (κ2) is 43.5. The molecule has 0 aromatic heterocycles. The predicted octanol–water partition coefficient (Wildman–Crippen LogP) is 33.5. The Morgan fingerprint density at radius 2 is 0.388 bits per heavy atom. The first kappa shape index (κ1) is 105. The maximum absolute atomic E-state index is 13.8. The van der Waals surface area contributed by atoms with Crippen LogP contribution in [-0.4, -0.2) is 23.1 Å². The molecule has 2 unspecified atom stereocenters. The summed E-state index contributed by atoms with van der Waals surface area (Å²) in [5, 5.41) is 9.07. The second-order valence-corrected chi connectivity index (χ2v) is 34.6. The normalized spacial score (nSPS) is 12.9. The van der Waals surface area contributed by atoms with E-state index in [1.807, 2.05) is 61.5 Å². The van der Waals surface area contributed by atoms with Crippen LogP contribution in [0.3, 0.4) is 0 Å². The second-order valence-electron chi connectivity index (χ2n) is 34.6. The molecule has 0 N–H and O–H groups in total. The van der Waals surface area contributed by atoms with Gasteiger partial charge in [0, 0.05) is 35.8 Å². The van der Waals surface area contributed by atoms with Crippen LogP contribution in [0.25, 0.3) is 89.0 Å². The van der Waals surface area contributed by atoms with Crippen molar-refractivity contribution in [3.05, 3.63) is 333 Å². The van der Waals surface area contributed by atoms with Gasteiger partial charge >= 0.3 is 37.1 Å². The van der Waals surface area contributed by atoms with Gasteiger partial charge in [-0.2, -0.15) is 84.3 Å². The Labute approximate surface area is 762 Å². The molecule has 0 radical (unpaired) electrons. The van der Waals surface area contributed by atoms with E-state index >= 15 is 0 Å². The molecule has 0 saturated carbocycles. The summed E-state index contributed by atoms with van der Waals surface area (Å²) in [4.78, 5) is 49.7. The summed E-state index contributed by atoms with van der Waals surface area (Å²) in [5.74, 6) is -4.44. The number of hydrogen-bond acceptors (Lipinski definition) is 5. The molecule has 0 amide bonds. The highest BCUT2D eigenvalue weighted by atomic mass is 19.4. The van der Waals surface area contributed by atoms with Crippen LogP contribution in [0.1, 0.15) is 194 Å². The van der Waals surface area contributed by atoms with Crippen LogP contribution < -0.4 is 0 Å². The van der Waals surface area contributed by atoms with Crippen LogP contribution in [0, 0.1) is 58.3 Å². The Bertz CT molecular complexity index is 5690. The smallest absolute Gasteiger partial charge is 0.299 e. The Morgan fingerprint density at radius 1 is 0.224 bits per heavy atom. The molecule has 0 spiro atoms. The van der Waals surface area contributed by atoms with Gasteiger partial charge < -0.3 is 0 Å². The number of halogens is 22. The highest BCUT2D eigenvalue weighted by Crippen LogP contribution is 2.46. The van der Waals surface area contributed by atoms with Gasteiger partial charge in [-0.05, 0) is 316 Å². The van der Waals surface area contributed by atoms with Crippen LogP contribution in [0.2, 0.25) is 0 Å². The van der Waals surface area contributed by atoms with Crippen LogP contribution in [0.4, 0.5) is 96.6 Å². The Kier molecular flexibility index (Phi) is 34.1. The number of ketones is 4. The quantitative estimate of drug-likeness (QED) is 0.0562. The summed E-state index contributed by atoms with van der Waals surface area (Å²) < 4.78 is 292. The number of carbonyl (C=O) groups excluding carboxylic acids is 4. The molecular formula is C107H93F22NO4. The molecule has 0 aliphatic rings. The molecule has 0 aliphatic carbocycles. The molecule has 27 heteroatoms. The minimum absolute atomic E-state index is 0.0531. The van der Waals surface area contributed by atoms with Crippen molar-refractivity contribution in [2.75, 3.05) is 0 Å². The van der Waals surface area contributed by atoms with Crippen molar-refractivity contribution in [2.24, 2.45) is 23.7 Å². The van der Waals surface area contributed by atoms with Crippen LogP contribution >= 0.6 is 0 Å². The Hall–Kier alpha value is -12.7. The molecule has 0 saturated heterocycles. The van der Waals surface area contributed by atoms with E-state index in [9.17, 15) is 116 Å². The number of benzene rings is 12. The maximum Gasteiger partial charge on any atom is 0.416 e. The lowest BCUT2D eigenvalue weighted by Gasteiger charge is -2.20. The van der Waals surface area contributed by atoms with Crippen LogP contribution in [0.15, 0.2) is 249 Å². The molecule has 5 nitrogen and oxygen atoms in total. The molecule has 0 fully saturated rings. The van der Waals surface area contributed by atoms with Crippen molar-refractivity contribution in [3.8, 4) is 95.1 Å². The molecule has 0 aliphatic heterocycles. The lowest BCUT2D eigenvalue weighted by molar-refractivity contribution is -0.143. The van der Waals surface area contributed by atoms with Crippen molar-refractivity contribution in [1.82, 2.24) is 0 Å². The third-order valence-corrected chi connectivity index (χ3v) is 22.1. The van der Waals surface area contributed by atoms with E-state index in [0.717, 1.165) is 60.7 Å². The van der Waals surface area contributed by atoms with Gasteiger partial charge in [0.2, 0.25) is 0 Å². The third kappa shape index (κ3) is 29.1. The predicted molar refractivity (Wildman–Crippen MR) is 475 cm³/mol. The minimum atomic E-state index is -4.98. The summed E-state index contributed by atoms with van der Waals surface area (Å²) >= 11 is 0. The van der Waals surface area contributed by atoms with Gasteiger partial charge in [-0.15, -0.1) is 0 Å². The molecule has 12 aromatic carbocycles. The molecule has 4 atom stereocenters. The average molecular weight is 1870 g/mol. The summed E-state index contributed by atoms with van der Waals surface area (Å²) in [7, 11) is 0. The number of Topliss-reactive ketones (excluding diaryl/α,β-unsaturated/α-hetero) is 4. The first-order valence-corrected chi connectivity index (χ1v) is 42.4.